The van der Waals surface area contributed by atoms with Crippen molar-refractivity contribution in [3.63, 3.8) is 0 Å². The van der Waals surface area contributed by atoms with E-state index in [1.807, 2.05) is 0 Å². The molecule has 1 aromatic heterocycles. The van der Waals surface area contributed by atoms with Crippen LogP contribution in [-0.4, -0.2) is 18.0 Å². The molecule has 19 heavy (non-hydrogen) atoms. The van der Waals surface area contributed by atoms with Crippen LogP contribution in [0.1, 0.15) is 10.4 Å². The highest BCUT2D eigenvalue weighted by molar-refractivity contribution is 6.29. The van der Waals surface area contributed by atoms with Gasteiger partial charge in [-0.05, 0) is 30.3 Å². The molecule has 2 aromatic rings. The quantitative estimate of drug-likeness (QED) is 0.879. The largest absolute Gasteiger partial charge is 0.494 e. The number of carbonyl (C=O) groups is 1. The lowest BCUT2D eigenvalue weighted by atomic mass is 10.2. The van der Waals surface area contributed by atoms with Crippen molar-refractivity contribution in [1.29, 1.82) is 0 Å². The van der Waals surface area contributed by atoms with E-state index in [0.29, 0.717) is 10.8 Å². The predicted octanol–water partition coefficient (Wildman–Crippen LogP) is 3.14. The van der Waals surface area contributed by atoms with Crippen LogP contribution < -0.4 is 10.1 Å². The SMILES string of the molecule is COc1cc(C(=O)Nc2ccc(Cl)nc2)ccc1F. The van der Waals surface area contributed by atoms with Gasteiger partial charge in [-0.15, -0.1) is 0 Å². The number of hydrogen-bond acceptors (Lipinski definition) is 3. The van der Waals surface area contributed by atoms with Crippen LogP contribution >= 0.6 is 11.6 Å². The highest BCUT2D eigenvalue weighted by atomic mass is 35.5. The molecular formula is C13H10ClFN2O2. The monoisotopic (exact) mass is 280 g/mol. The zero-order valence-electron chi connectivity index (χ0n) is 9.98. The third kappa shape index (κ3) is 3.20. The Balaban J connectivity index is 2.18. The molecule has 0 unspecified atom stereocenters. The molecule has 1 amide bonds. The van der Waals surface area contributed by atoms with Gasteiger partial charge in [0.25, 0.3) is 5.91 Å². The molecule has 1 heterocycles. The molecule has 0 saturated heterocycles. The van der Waals surface area contributed by atoms with Crippen LogP contribution in [0.3, 0.4) is 0 Å². The van der Waals surface area contributed by atoms with E-state index >= 15 is 0 Å². The number of nitrogens with zero attached hydrogens (tertiary/aromatic N) is 1. The summed E-state index contributed by atoms with van der Waals surface area (Å²) in [6.07, 6.45) is 1.43. The molecule has 2 rings (SSSR count). The van der Waals surface area contributed by atoms with Gasteiger partial charge in [0.15, 0.2) is 11.6 Å². The van der Waals surface area contributed by atoms with E-state index in [4.69, 9.17) is 16.3 Å². The Morgan fingerprint density at radius 2 is 2.16 bits per heavy atom. The van der Waals surface area contributed by atoms with Crippen molar-refractivity contribution >= 4 is 23.2 Å². The van der Waals surface area contributed by atoms with Crippen LogP contribution in [0.5, 0.6) is 5.75 Å². The molecule has 0 aliphatic carbocycles. The lowest BCUT2D eigenvalue weighted by Gasteiger charge is -2.07. The number of methoxy groups -OCH3 is 1. The van der Waals surface area contributed by atoms with E-state index in [1.165, 1.54) is 31.5 Å². The summed E-state index contributed by atoms with van der Waals surface area (Å²) in [5.41, 5.74) is 0.783. The summed E-state index contributed by atoms with van der Waals surface area (Å²) >= 11 is 5.64. The molecule has 98 valence electrons. The number of ether oxygens (including phenoxy) is 1. The van der Waals surface area contributed by atoms with Gasteiger partial charge in [0.2, 0.25) is 0 Å². The second-order valence-electron chi connectivity index (χ2n) is 3.67. The first kappa shape index (κ1) is 13.3. The zero-order chi connectivity index (χ0) is 13.8. The topological polar surface area (TPSA) is 51.2 Å². The molecular weight excluding hydrogens is 271 g/mol. The van der Waals surface area contributed by atoms with Gasteiger partial charge < -0.3 is 10.1 Å². The van der Waals surface area contributed by atoms with E-state index in [-0.39, 0.29) is 17.2 Å². The van der Waals surface area contributed by atoms with E-state index in [9.17, 15) is 9.18 Å². The molecule has 0 radical (unpaired) electrons. The third-order valence-corrected chi connectivity index (χ3v) is 2.62. The Morgan fingerprint density at radius 1 is 1.37 bits per heavy atom. The molecule has 0 atom stereocenters. The highest BCUT2D eigenvalue weighted by Gasteiger charge is 2.10. The van der Waals surface area contributed by atoms with Crippen molar-refractivity contribution in [2.45, 2.75) is 0 Å². The van der Waals surface area contributed by atoms with Gasteiger partial charge in [0.1, 0.15) is 5.15 Å². The van der Waals surface area contributed by atoms with Crippen LogP contribution in [0.15, 0.2) is 36.5 Å². The van der Waals surface area contributed by atoms with Crippen molar-refractivity contribution in [1.82, 2.24) is 4.98 Å². The summed E-state index contributed by atoms with van der Waals surface area (Å²) in [4.78, 5) is 15.8. The van der Waals surface area contributed by atoms with Crippen molar-refractivity contribution in [3.05, 3.63) is 53.1 Å². The van der Waals surface area contributed by atoms with Crippen LogP contribution in [0.4, 0.5) is 10.1 Å². The fraction of sp³-hybridized carbons (Fsp3) is 0.0769. The van der Waals surface area contributed by atoms with Gasteiger partial charge >= 0.3 is 0 Å². The van der Waals surface area contributed by atoms with Crippen molar-refractivity contribution < 1.29 is 13.9 Å². The highest BCUT2D eigenvalue weighted by Crippen LogP contribution is 2.19. The van der Waals surface area contributed by atoms with E-state index in [2.05, 4.69) is 10.3 Å². The maximum Gasteiger partial charge on any atom is 0.255 e. The average Bonchev–Trinajstić information content (AvgIpc) is 2.42. The molecule has 0 bridgehead atoms. The normalized spacial score (nSPS) is 10.1. The number of rotatable bonds is 3. The van der Waals surface area contributed by atoms with Gasteiger partial charge in [0.05, 0.1) is 19.0 Å². The molecule has 0 spiro atoms. The Bertz CT molecular complexity index is 602. The van der Waals surface area contributed by atoms with Gasteiger partial charge in [-0.1, -0.05) is 11.6 Å². The summed E-state index contributed by atoms with van der Waals surface area (Å²) in [5.74, 6) is -0.892. The van der Waals surface area contributed by atoms with Crippen LogP contribution in [-0.2, 0) is 0 Å². The van der Waals surface area contributed by atoms with Gasteiger partial charge in [0, 0.05) is 5.56 Å². The third-order valence-electron chi connectivity index (χ3n) is 2.40. The minimum Gasteiger partial charge on any atom is -0.494 e. The fourth-order valence-corrected chi connectivity index (χ4v) is 1.57. The number of halogens is 2. The number of nitrogens with one attached hydrogen (secondary N) is 1. The minimum atomic E-state index is -0.521. The molecule has 1 aromatic carbocycles. The van der Waals surface area contributed by atoms with Crippen LogP contribution in [0.2, 0.25) is 5.15 Å². The maximum absolute atomic E-state index is 13.2. The van der Waals surface area contributed by atoms with Gasteiger partial charge in [-0.2, -0.15) is 0 Å². The number of carbonyl (C=O) groups excluding carboxylic acids is 1. The lowest BCUT2D eigenvalue weighted by molar-refractivity contribution is 0.102. The van der Waals surface area contributed by atoms with Gasteiger partial charge in [-0.25, -0.2) is 9.37 Å². The standard InChI is InChI=1S/C13H10ClFN2O2/c1-19-11-6-8(2-4-10(11)15)13(18)17-9-3-5-12(14)16-7-9/h2-7H,1H3,(H,17,18). The Hall–Kier alpha value is -2.14. The van der Waals surface area contributed by atoms with E-state index in [0.717, 1.165) is 0 Å². The molecule has 4 nitrogen and oxygen atoms in total. The number of amides is 1. The molecule has 1 N–H and O–H groups in total. The number of anilines is 1. The number of hydrogen-bond donors (Lipinski definition) is 1. The number of benzene rings is 1. The summed E-state index contributed by atoms with van der Waals surface area (Å²) in [7, 11) is 1.34. The summed E-state index contributed by atoms with van der Waals surface area (Å²) < 4.78 is 18.0. The molecule has 0 saturated carbocycles. The van der Waals surface area contributed by atoms with Crippen LogP contribution in [0, 0.1) is 5.82 Å². The average molecular weight is 281 g/mol. The molecule has 6 heteroatoms. The Kier molecular flexibility index (Phi) is 3.97. The number of pyridine rings is 1. The summed E-state index contributed by atoms with van der Waals surface area (Å²) in [6, 6.07) is 7.05. The first-order chi connectivity index (χ1) is 9.10. The van der Waals surface area contributed by atoms with Crippen molar-refractivity contribution in [2.75, 3.05) is 12.4 Å². The van der Waals surface area contributed by atoms with Gasteiger partial charge in [-0.3, -0.25) is 4.79 Å². The van der Waals surface area contributed by atoms with E-state index in [1.54, 1.807) is 12.1 Å². The summed E-state index contributed by atoms with van der Waals surface area (Å²) in [6.45, 7) is 0. The lowest BCUT2D eigenvalue weighted by Crippen LogP contribution is -2.12. The smallest absolute Gasteiger partial charge is 0.255 e. The van der Waals surface area contributed by atoms with E-state index < -0.39 is 5.82 Å². The van der Waals surface area contributed by atoms with Crippen molar-refractivity contribution in [2.24, 2.45) is 0 Å². The maximum atomic E-state index is 13.2. The molecule has 0 aliphatic rings. The first-order valence-electron chi connectivity index (χ1n) is 5.36. The fourth-order valence-electron chi connectivity index (χ4n) is 1.45. The first-order valence-corrected chi connectivity index (χ1v) is 5.74. The Morgan fingerprint density at radius 3 is 2.79 bits per heavy atom. The second kappa shape index (κ2) is 5.67. The Labute approximate surface area is 114 Å². The molecule has 0 fully saturated rings. The second-order valence-corrected chi connectivity index (χ2v) is 4.06. The minimum absolute atomic E-state index is 0.0156. The molecule has 0 aliphatic heterocycles. The number of aromatic nitrogens is 1. The predicted molar refractivity (Wildman–Crippen MR) is 70.2 cm³/mol. The zero-order valence-corrected chi connectivity index (χ0v) is 10.7. The van der Waals surface area contributed by atoms with Crippen molar-refractivity contribution in [3.8, 4) is 5.75 Å². The summed E-state index contributed by atoms with van der Waals surface area (Å²) in [5, 5.41) is 2.95. The van der Waals surface area contributed by atoms with Crippen LogP contribution in [0.25, 0.3) is 0 Å².